The molecule has 1 N–H and O–H groups in total. The predicted molar refractivity (Wildman–Crippen MR) is 111 cm³/mol. The fraction of sp³-hybridized carbons (Fsp3) is 0.400. The number of amides is 2. The molecule has 11 heteroatoms. The zero-order valence-electron chi connectivity index (χ0n) is 16.5. The zero-order valence-corrected chi connectivity index (χ0v) is 17.3. The molecule has 3 aromatic rings. The molecule has 31 heavy (non-hydrogen) atoms. The number of piperidine rings is 1. The molecule has 2 aliphatic heterocycles. The number of hydrogen-bond acceptors (Lipinski definition) is 7. The lowest BCUT2D eigenvalue weighted by Gasteiger charge is -2.40. The van der Waals surface area contributed by atoms with Gasteiger partial charge < -0.3 is 19.9 Å². The van der Waals surface area contributed by atoms with Gasteiger partial charge >= 0.3 is 6.03 Å². The highest BCUT2D eigenvalue weighted by atomic mass is 32.1. The van der Waals surface area contributed by atoms with E-state index in [0.717, 1.165) is 29.9 Å². The Labute approximate surface area is 180 Å². The summed E-state index contributed by atoms with van der Waals surface area (Å²) in [6.07, 6.45) is 3.63. The molecule has 0 aliphatic carbocycles. The first-order valence-corrected chi connectivity index (χ1v) is 10.9. The fourth-order valence-corrected chi connectivity index (χ4v) is 4.53. The number of halogens is 2. The van der Waals surface area contributed by atoms with Gasteiger partial charge in [0.2, 0.25) is 5.95 Å². The van der Waals surface area contributed by atoms with Crippen molar-refractivity contribution in [3.05, 3.63) is 41.7 Å². The van der Waals surface area contributed by atoms with Crippen molar-refractivity contribution in [2.24, 2.45) is 0 Å². The van der Waals surface area contributed by atoms with Gasteiger partial charge in [-0.25, -0.2) is 28.5 Å². The van der Waals surface area contributed by atoms with Gasteiger partial charge in [0.25, 0.3) is 0 Å². The summed E-state index contributed by atoms with van der Waals surface area (Å²) in [6.45, 7) is 2.25. The van der Waals surface area contributed by atoms with Crippen LogP contribution < -0.4 is 15.0 Å². The maximum Gasteiger partial charge on any atom is 0.317 e. The zero-order chi connectivity index (χ0) is 21.4. The smallest absolute Gasteiger partial charge is 0.317 e. The molecule has 4 heterocycles. The summed E-state index contributed by atoms with van der Waals surface area (Å²) in [5, 5.41) is 3.05. The molecule has 0 unspecified atom stereocenters. The van der Waals surface area contributed by atoms with Gasteiger partial charge in [-0.05, 0) is 18.9 Å². The number of anilines is 1. The minimum atomic E-state index is -0.462. The van der Waals surface area contributed by atoms with E-state index in [1.165, 1.54) is 23.5 Å². The van der Waals surface area contributed by atoms with E-state index in [1.54, 1.807) is 10.4 Å². The van der Waals surface area contributed by atoms with Crippen LogP contribution >= 0.6 is 11.3 Å². The number of ether oxygens (including phenoxy) is 1. The van der Waals surface area contributed by atoms with Crippen LogP contribution in [0.4, 0.5) is 19.5 Å². The lowest BCUT2D eigenvalue weighted by atomic mass is 10.1. The summed E-state index contributed by atoms with van der Waals surface area (Å²) in [6, 6.07) is 2.70. The Morgan fingerprint density at radius 1 is 1.10 bits per heavy atom. The third kappa shape index (κ3) is 4.22. The normalized spacial score (nSPS) is 17.6. The van der Waals surface area contributed by atoms with Crippen LogP contribution in [0.25, 0.3) is 10.2 Å². The minimum Gasteiger partial charge on any atom is -0.484 e. The summed E-state index contributed by atoms with van der Waals surface area (Å²) >= 11 is 1.36. The summed E-state index contributed by atoms with van der Waals surface area (Å²) < 4.78 is 33.4. The van der Waals surface area contributed by atoms with E-state index in [-0.39, 0.29) is 24.0 Å². The van der Waals surface area contributed by atoms with Crippen LogP contribution in [0.5, 0.6) is 5.75 Å². The van der Waals surface area contributed by atoms with E-state index < -0.39 is 5.82 Å². The van der Waals surface area contributed by atoms with Gasteiger partial charge in [0, 0.05) is 25.2 Å². The highest BCUT2D eigenvalue weighted by molar-refractivity contribution is 7.16. The number of likely N-dealkylation sites (tertiary alicyclic amines) is 1. The van der Waals surface area contributed by atoms with Crippen LogP contribution in [0.1, 0.15) is 12.8 Å². The number of rotatable bonds is 4. The second-order valence-corrected chi connectivity index (χ2v) is 8.55. The topological polar surface area (TPSA) is 83.5 Å². The highest BCUT2D eigenvalue weighted by Gasteiger charge is 2.34. The molecule has 0 saturated carbocycles. The number of benzene rings is 1. The molecule has 0 spiro atoms. The Balaban J connectivity index is 1.09. The Morgan fingerprint density at radius 2 is 1.84 bits per heavy atom. The molecule has 162 valence electrons. The number of carbonyl (C=O) groups excluding carboxylic acids is 1. The van der Waals surface area contributed by atoms with E-state index in [1.807, 2.05) is 4.90 Å². The monoisotopic (exact) mass is 446 g/mol. The Morgan fingerprint density at radius 3 is 2.58 bits per heavy atom. The van der Waals surface area contributed by atoms with Gasteiger partial charge in [0.15, 0.2) is 5.82 Å². The second-order valence-electron chi connectivity index (χ2n) is 7.66. The Hall–Kier alpha value is -3.08. The first kappa shape index (κ1) is 19.9. The number of thiazole rings is 1. The summed E-state index contributed by atoms with van der Waals surface area (Å²) in [5.41, 5.74) is 2.30. The van der Waals surface area contributed by atoms with Crippen LogP contribution in [0.3, 0.4) is 0 Å². The largest absolute Gasteiger partial charge is 0.484 e. The minimum absolute atomic E-state index is 0.0574. The van der Waals surface area contributed by atoms with Crippen LogP contribution in [0.2, 0.25) is 0 Å². The van der Waals surface area contributed by atoms with Gasteiger partial charge in [-0.3, -0.25) is 0 Å². The van der Waals surface area contributed by atoms with Crippen molar-refractivity contribution in [2.45, 2.75) is 25.0 Å². The molecule has 8 nitrogen and oxygen atoms in total. The third-order valence-corrected chi connectivity index (χ3v) is 6.28. The number of nitrogens with zero attached hydrogens (tertiary/aromatic N) is 5. The summed E-state index contributed by atoms with van der Waals surface area (Å²) in [5.74, 6) is 0.0892. The standard InChI is InChI=1S/C20H20F2N6O2S/c21-12-5-16(18-17(6-12)31-11-25-18)30-15-9-28(10-15)20(29)26-14-1-3-27(4-2-14)19-23-7-13(22)8-24-19/h5-8,11,14-15H,1-4,9-10H2,(H,26,29). The molecule has 2 saturated heterocycles. The van der Waals surface area contributed by atoms with E-state index in [2.05, 4.69) is 20.3 Å². The van der Waals surface area contributed by atoms with E-state index >= 15 is 0 Å². The first-order valence-electron chi connectivity index (χ1n) is 10.0. The average Bonchev–Trinajstić information content (AvgIpc) is 3.20. The molecule has 1 aromatic carbocycles. The lowest BCUT2D eigenvalue weighted by Crippen LogP contribution is -2.60. The molecule has 2 amide bonds. The molecular formula is C20H20F2N6O2S. The van der Waals surface area contributed by atoms with E-state index in [0.29, 0.717) is 43.4 Å². The SMILES string of the molecule is O=C(NC1CCN(c2ncc(F)cn2)CC1)N1CC(Oc2cc(F)cc3scnc23)C1. The first-order chi connectivity index (χ1) is 15.0. The molecular weight excluding hydrogens is 426 g/mol. The third-order valence-electron chi connectivity index (χ3n) is 5.51. The maximum absolute atomic E-state index is 13.8. The molecule has 5 rings (SSSR count). The fourth-order valence-electron chi connectivity index (χ4n) is 3.81. The van der Waals surface area contributed by atoms with Crippen LogP contribution in [0, 0.1) is 11.6 Å². The highest BCUT2D eigenvalue weighted by Crippen LogP contribution is 2.30. The lowest BCUT2D eigenvalue weighted by molar-refractivity contribution is 0.0438. The number of urea groups is 1. The van der Waals surface area contributed by atoms with Gasteiger partial charge in [-0.1, -0.05) is 0 Å². The molecule has 0 bridgehead atoms. The van der Waals surface area contributed by atoms with E-state index in [4.69, 9.17) is 4.74 Å². The second kappa shape index (κ2) is 8.22. The maximum atomic E-state index is 13.8. The van der Waals surface area contributed by atoms with Gasteiger partial charge in [0.1, 0.15) is 23.2 Å². The number of carbonyl (C=O) groups is 1. The van der Waals surface area contributed by atoms with Gasteiger partial charge in [-0.2, -0.15) is 0 Å². The quantitative estimate of drug-likeness (QED) is 0.664. The average molecular weight is 446 g/mol. The summed E-state index contributed by atoms with van der Waals surface area (Å²) in [4.78, 5) is 28.4. The molecule has 0 radical (unpaired) electrons. The molecule has 2 aromatic heterocycles. The Bertz CT molecular complexity index is 1080. The Kier molecular flexibility index (Phi) is 5.26. The number of fused-ring (bicyclic) bond motifs is 1. The van der Waals surface area contributed by atoms with Crippen molar-refractivity contribution >= 4 is 33.5 Å². The van der Waals surface area contributed by atoms with Crippen LogP contribution in [0.15, 0.2) is 30.0 Å². The molecule has 2 aliphatic rings. The van der Waals surface area contributed by atoms with Gasteiger partial charge in [-0.15, -0.1) is 11.3 Å². The van der Waals surface area contributed by atoms with Gasteiger partial charge in [0.05, 0.1) is 35.7 Å². The number of hydrogen-bond donors (Lipinski definition) is 1. The van der Waals surface area contributed by atoms with Crippen molar-refractivity contribution < 1.29 is 18.3 Å². The van der Waals surface area contributed by atoms with Crippen molar-refractivity contribution in [2.75, 3.05) is 31.1 Å². The van der Waals surface area contributed by atoms with Crippen LogP contribution in [-0.4, -0.2) is 64.2 Å². The van der Waals surface area contributed by atoms with Crippen molar-refractivity contribution in [1.29, 1.82) is 0 Å². The number of nitrogens with one attached hydrogen (secondary N) is 1. The molecule has 2 fully saturated rings. The van der Waals surface area contributed by atoms with Crippen LogP contribution in [-0.2, 0) is 0 Å². The van der Waals surface area contributed by atoms with Crippen molar-refractivity contribution in [3.8, 4) is 5.75 Å². The molecule has 0 atom stereocenters. The number of aromatic nitrogens is 3. The van der Waals surface area contributed by atoms with Crippen molar-refractivity contribution in [1.82, 2.24) is 25.2 Å². The van der Waals surface area contributed by atoms with E-state index in [9.17, 15) is 13.6 Å². The summed E-state index contributed by atoms with van der Waals surface area (Å²) in [7, 11) is 0. The van der Waals surface area contributed by atoms with Crippen molar-refractivity contribution in [3.63, 3.8) is 0 Å². The predicted octanol–water partition coefficient (Wildman–Crippen LogP) is 2.81.